The van der Waals surface area contributed by atoms with Crippen LogP contribution in [0.5, 0.6) is 0 Å². The van der Waals surface area contributed by atoms with Crippen molar-refractivity contribution in [3.8, 4) is 0 Å². The van der Waals surface area contributed by atoms with E-state index in [2.05, 4.69) is 0 Å². The molecule has 1 saturated carbocycles. The Labute approximate surface area is 80.3 Å². The molecule has 1 heterocycles. The second-order valence-corrected chi connectivity index (χ2v) is 4.51. The minimum atomic E-state index is -0.189. The molecular weight excluding hydrogens is 164 g/mol. The molecule has 0 amide bonds. The molecule has 2 fully saturated rings. The van der Waals surface area contributed by atoms with E-state index in [0.29, 0.717) is 0 Å². The van der Waals surface area contributed by atoms with E-state index in [1.54, 1.807) is 0 Å². The Morgan fingerprint density at radius 2 is 1.92 bits per heavy atom. The highest BCUT2D eigenvalue weighted by Crippen LogP contribution is 2.30. The van der Waals surface area contributed by atoms with Gasteiger partial charge >= 0.3 is 0 Å². The maximum Gasteiger partial charge on any atom is 0.0834 e. The van der Waals surface area contributed by atoms with Gasteiger partial charge in [-0.1, -0.05) is 25.7 Å². The van der Waals surface area contributed by atoms with Crippen molar-refractivity contribution in [1.29, 1.82) is 0 Å². The van der Waals surface area contributed by atoms with Crippen molar-refractivity contribution in [2.75, 3.05) is 6.61 Å². The van der Waals surface area contributed by atoms with Crippen LogP contribution in [0.1, 0.15) is 44.9 Å². The summed E-state index contributed by atoms with van der Waals surface area (Å²) in [4.78, 5) is 0. The van der Waals surface area contributed by atoms with E-state index in [9.17, 15) is 5.11 Å². The fraction of sp³-hybridized carbons (Fsp3) is 1.00. The molecule has 0 bridgehead atoms. The van der Waals surface area contributed by atoms with Gasteiger partial charge in [-0.05, 0) is 25.2 Å². The van der Waals surface area contributed by atoms with E-state index in [-0.39, 0.29) is 12.2 Å². The quantitative estimate of drug-likeness (QED) is 0.728. The van der Waals surface area contributed by atoms with Crippen molar-refractivity contribution in [2.45, 2.75) is 57.2 Å². The van der Waals surface area contributed by atoms with Gasteiger partial charge in [-0.2, -0.15) is 0 Å². The zero-order valence-corrected chi connectivity index (χ0v) is 8.24. The van der Waals surface area contributed by atoms with Crippen molar-refractivity contribution in [3.05, 3.63) is 0 Å². The molecule has 0 aromatic rings. The molecule has 76 valence electrons. The molecule has 2 aliphatic rings. The Hall–Kier alpha value is -0.0800. The molecule has 0 aromatic heterocycles. The van der Waals surface area contributed by atoms with Crippen LogP contribution < -0.4 is 0 Å². The van der Waals surface area contributed by atoms with Gasteiger partial charge in [-0.15, -0.1) is 0 Å². The third-order valence-electron chi connectivity index (χ3n) is 3.44. The second kappa shape index (κ2) is 4.43. The van der Waals surface area contributed by atoms with E-state index in [0.717, 1.165) is 31.8 Å². The highest BCUT2D eigenvalue weighted by atomic mass is 16.5. The second-order valence-electron chi connectivity index (χ2n) is 4.51. The van der Waals surface area contributed by atoms with Crippen LogP contribution >= 0.6 is 0 Å². The number of hydrogen-bond donors (Lipinski definition) is 1. The Bertz CT molecular complexity index is 146. The summed E-state index contributed by atoms with van der Waals surface area (Å²) in [5, 5.41) is 9.88. The smallest absolute Gasteiger partial charge is 0.0834 e. The maximum absolute atomic E-state index is 9.88. The largest absolute Gasteiger partial charge is 0.390 e. The predicted molar refractivity (Wildman–Crippen MR) is 51.6 cm³/mol. The monoisotopic (exact) mass is 184 g/mol. The number of aliphatic hydroxyl groups is 1. The Morgan fingerprint density at radius 3 is 2.54 bits per heavy atom. The average Bonchev–Trinajstić information content (AvgIpc) is 2.74. The van der Waals surface area contributed by atoms with E-state index in [1.807, 2.05) is 0 Å². The van der Waals surface area contributed by atoms with Gasteiger partial charge in [0, 0.05) is 6.61 Å². The SMILES string of the molecule is OC(CC1CCCC1)C1CCCO1. The fourth-order valence-electron chi connectivity index (χ4n) is 2.65. The standard InChI is InChI=1S/C11H20O2/c12-10(11-6-3-7-13-11)8-9-4-1-2-5-9/h9-12H,1-8H2. The van der Waals surface area contributed by atoms with E-state index < -0.39 is 0 Å². The third-order valence-corrected chi connectivity index (χ3v) is 3.44. The lowest BCUT2D eigenvalue weighted by atomic mass is 9.96. The van der Waals surface area contributed by atoms with E-state index >= 15 is 0 Å². The molecule has 1 saturated heterocycles. The molecule has 2 nitrogen and oxygen atoms in total. The van der Waals surface area contributed by atoms with Gasteiger partial charge in [0.1, 0.15) is 0 Å². The van der Waals surface area contributed by atoms with Crippen molar-refractivity contribution in [1.82, 2.24) is 0 Å². The molecule has 2 heteroatoms. The molecule has 2 atom stereocenters. The van der Waals surface area contributed by atoms with Crippen LogP contribution in [-0.4, -0.2) is 23.9 Å². The predicted octanol–water partition coefficient (Wildman–Crippen LogP) is 2.11. The molecule has 0 aromatic carbocycles. The number of aliphatic hydroxyl groups excluding tert-OH is 1. The van der Waals surface area contributed by atoms with Crippen LogP contribution in [0, 0.1) is 5.92 Å². The highest BCUT2D eigenvalue weighted by Gasteiger charge is 2.27. The lowest BCUT2D eigenvalue weighted by Crippen LogP contribution is -2.27. The summed E-state index contributed by atoms with van der Waals surface area (Å²) in [5.74, 6) is 0.777. The zero-order valence-electron chi connectivity index (χ0n) is 8.24. The number of hydrogen-bond acceptors (Lipinski definition) is 2. The lowest BCUT2D eigenvalue weighted by Gasteiger charge is -2.20. The van der Waals surface area contributed by atoms with Gasteiger partial charge in [0.2, 0.25) is 0 Å². The molecular formula is C11H20O2. The van der Waals surface area contributed by atoms with Crippen molar-refractivity contribution < 1.29 is 9.84 Å². The topological polar surface area (TPSA) is 29.5 Å². The first kappa shape index (κ1) is 9.47. The van der Waals surface area contributed by atoms with Crippen molar-refractivity contribution in [2.24, 2.45) is 5.92 Å². The van der Waals surface area contributed by atoms with Crippen molar-refractivity contribution in [3.63, 3.8) is 0 Å². The summed E-state index contributed by atoms with van der Waals surface area (Å²) >= 11 is 0. The van der Waals surface area contributed by atoms with Gasteiger partial charge in [-0.25, -0.2) is 0 Å². The molecule has 0 radical (unpaired) electrons. The van der Waals surface area contributed by atoms with Crippen LogP contribution in [0.15, 0.2) is 0 Å². The van der Waals surface area contributed by atoms with Gasteiger partial charge in [0.05, 0.1) is 12.2 Å². The first-order valence-electron chi connectivity index (χ1n) is 5.66. The number of ether oxygens (including phenoxy) is 1. The summed E-state index contributed by atoms with van der Waals surface area (Å²) in [6, 6.07) is 0. The molecule has 2 rings (SSSR count). The van der Waals surface area contributed by atoms with Crippen LogP contribution in [0.2, 0.25) is 0 Å². The van der Waals surface area contributed by atoms with Crippen LogP contribution in [0.25, 0.3) is 0 Å². The van der Waals surface area contributed by atoms with E-state index in [4.69, 9.17) is 4.74 Å². The molecule has 13 heavy (non-hydrogen) atoms. The van der Waals surface area contributed by atoms with Crippen molar-refractivity contribution >= 4 is 0 Å². The van der Waals surface area contributed by atoms with Gasteiger partial charge in [0.15, 0.2) is 0 Å². The summed E-state index contributed by atoms with van der Waals surface area (Å²) in [5.41, 5.74) is 0. The Morgan fingerprint density at radius 1 is 1.15 bits per heavy atom. The molecule has 1 N–H and O–H groups in total. The number of rotatable bonds is 3. The minimum Gasteiger partial charge on any atom is -0.390 e. The van der Waals surface area contributed by atoms with Crippen LogP contribution in [0.3, 0.4) is 0 Å². The summed E-state index contributed by atoms with van der Waals surface area (Å²) in [6.45, 7) is 0.854. The zero-order chi connectivity index (χ0) is 9.10. The third kappa shape index (κ3) is 2.44. The maximum atomic E-state index is 9.88. The van der Waals surface area contributed by atoms with Gasteiger partial charge in [0.25, 0.3) is 0 Å². The highest BCUT2D eigenvalue weighted by molar-refractivity contribution is 4.78. The van der Waals surface area contributed by atoms with Crippen LogP contribution in [-0.2, 0) is 4.74 Å². The summed E-state index contributed by atoms with van der Waals surface area (Å²) < 4.78 is 5.48. The van der Waals surface area contributed by atoms with E-state index in [1.165, 1.54) is 25.7 Å². The molecule has 2 unspecified atom stereocenters. The normalized spacial score (nSPS) is 32.5. The van der Waals surface area contributed by atoms with Gasteiger partial charge in [-0.3, -0.25) is 0 Å². The molecule has 0 spiro atoms. The summed E-state index contributed by atoms with van der Waals surface area (Å²) in [6.07, 6.45) is 8.51. The fourth-order valence-corrected chi connectivity index (χ4v) is 2.65. The lowest BCUT2D eigenvalue weighted by molar-refractivity contribution is -0.0126. The Balaban J connectivity index is 1.73. The summed E-state index contributed by atoms with van der Waals surface area (Å²) in [7, 11) is 0. The minimum absolute atomic E-state index is 0.153. The average molecular weight is 184 g/mol. The molecule has 1 aliphatic carbocycles. The van der Waals surface area contributed by atoms with Crippen LogP contribution in [0.4, 0.5) is 0 Å². The Kier molecular flexibility index (Phi) is 3.23. The van der Waals surface area contributed by atoms with Gasteiger partial charge < -0.3 is 9.84 Å². The molecule has 1 aliphatic heterocycles. The first-order valence-corrected chi connectivity index (χ1v) is 5.66. The first-order chi connectivity index (χ1) is 6.36.